The molecule has 1 fully saturated rings. The largest absolute Gasteiger partial charge is 0.354 e. The van der Waals surface area contributed by atoms with Crippen molar-refractivity contribution in [3.63, 3.8) is 0 Å². The van der Waals surface area contributed by atoms with Gasteiger partial charge in [0.25, 0.3) is 0 Å². The maximum absolute atomic E-state index is 11.5. The molecule has 0 amide bonds. The highest BCUT2D eigenvalue weighted by molar-refractivity contribution is 7.85. The predicted octanol–water partition coefficient (Wildman–Crippen LogP) is 0.718. The number of hydrogen-bond donors (Lipinski definition) is 1. The van der Waals surface area contributed by atoms with Gasteiger partial charge in [-0.25, -0.2) is 0 Å². The molecule has 2 rings (SSSR count). The van der Waals surface area contributed by atoms with E-state index in [0.29, 0.717) is 29.4 Å². The van der Waals surface area contributed by atoms with E-state index in [1.54, 1.807) is 0 Å². The molecular formula is C13H24N6OS. The lowest BCUT2D eigenvalue weighted by Gasteiger charge is -2.28. The van der Waals surface area contributed by atoms with Crippen molar-refractivity contribution in [3.05, 3.63) is 0 Å². The fraction of sp³-hybridized carbons (Fsp3) is 0.769. The van der Waals surface area contributed by atoms with Crippen molar-refractivity contribution >= 4 is 28.6 Å². The Morgan fingerprint density at radius 1 is 1.14 bits per heavy atom. The third-order valence-electron chi connectivity index (χ3n) is 3.45. The van der Waals surface area contributed by atoms with Gasteiger partial charge >= 0.3 is 0 Å². The van der Waals surface area contributed by atoms with Crippen LogP contribution in [0, 0.1) is 0 Å². The zero-order valence-corrected chi connectivity index (χ0v) is 13.8. The molecule has 0 saturated carbocycles. The number of aromatic nitrogens is 3. The highest BCUT2D eigenvalue weighted by Gasteiger charge is 2.20. The Labute approximate surface area is 128 Å². The molecule has 0 spiro atoms. The van der Waals surface area contributed by atoms with Crippen LogP contribution >= 0.6 is 0 Å². The third-order valence-corrected chi connectivity index (χ3v) is 4.73. The van der Waals surface area contributed by atoms with Crippen LogP contribution in [0.15, 0.2) is 0 Å². The van der Waals surface area contributed by atoms with E-state index >= 15 is 0 Å². The van der Waals surface area contributed by atoms with Gasteiger partial charge in [-0.05, 0) is 20.8 Å². The predicted molar refractivity (Wildman–Crippen MR) is 87.6 cm³/mol. The van der Waals surface area contributed by atoms with Crippen LogP contribution < -0.4 is 15.1 Å². The molecule has 0 radical (unpaired) electrons. The van der Waals surface area contributed by atoms with Crippen molar-refractivity contribution in [2.45, 2.75) is 20.8 Å². The first-order valence-electron chi connectivity index (χ1n) is 7.52. The molecule has 0 bridgehead atoms. The Hall–Kier alpha value is -1.44. The molecule has 0 unspecified atom stereocenters. The Morgan fingerprint density at radius 2 is 1.81 bits per heavy atom. The summed E-state index contributed by atoms with van der Waals surface area (Å²) in [7, 11) is -0.700. The number of nitrogens with one attached hydrogen (secondary N) is 1. The summed E-state index contributed by atoms with van der Waals surface area (Å²) in [5.41, 5.74) is 0. The molecule has 0 atom stereocenters. The summed E-state index contributed by atoms with van der Waals surface area (Å²) < 4.78 is 11.5. The summed E-state index contributed by atoms with van der Waals surface area (Å²) in [5, 5.41) is 3.16. The smallest absolute Gasteiger partial charge is 0.232 e. The van der Waals surface area contributed by atoms with Crippen LogP contribution in [0.2, 0.25) is 0 Å². The topological polar surface area (TPSA) is 74.2 Å². The minimum atomic E-state index is -0.700. The molecule has 8 heteroatoms. The maximum atomic E-state index is 11.5. The van der Waals surface area contributed by atoms with Gasteiger partial charge in [0.2, 0.25) is 17.8 Å². The zero-order valence-electron chi connectivity index (χ0n) is 13.0. The molecule has 1 aromatic heterocycles. The van der Waals surface area contributed by atoms with E-state index in [-0.39, 0.29) is 0 Å². The van der Waals surface area contributed by atoms with Crippen molar-refractivity contribution in [3.8, 4) is 0 Å². The van der Waals surface area contributed by atoms with Gasteiger partial charge in [-0.2, -0.15) is 15.0 Å². The first-order chi connectivity index (χ1) is 10.2. The van der Waals surface area contributed by atoms with Crippen molar-refractivity contribution in [1.29, 1.82) is 0 Å². The van der Waals surface area contributed by atoms with E-state index in [1.807, 2.05) is 6.92 Å². The standard InChI is InChI=1S/C13H24N6OS/c1-4-14-11-15-12(18(5-2)6-3)17-13(16-11)19-7-9-21(20)10-8-19/h4-10H2,1-3H3,(H,14,15,16,17). The van der Waals surface area contributed by atoms with E-state index in [1.165, 1.54) is 0 Å². The SMILES string of the molecule is CCNc1nc(N(CC)CC)nc(N2CCS(=O)CC2)n1. The van der Waals surface area contributed by atoms with Crippen LogP contribution in [0.5, 0.6) is 0 Å². The van der Waals surface area contributed by atoms with Crippen molar-refractivity contribution in [2.24, 2.45) is 0 Å². The van der Waals surface area contributed by atoms with E-state index in [2.05, 4.69) is 43.9 Å². The normalized spacial score (nSPS) is 16.0. The lowest BCUT2D eigenvalue weighted by molar-refractivity contribution is 0.670. The summed E-state index contributed by atoms with van der Waals surface area (Å²) in [4.78, 5) is 17.8. The molecule has 0 aromatic carbocycles. The van der Waals surface area contributed by atoms with E-state index < -0.39 is 10.8 Å². The van der Waals surface area contributed by atoms with Crippen molar-refractivity contribution < 1.29 is 4.21 Å². The highest BCUT2D eigenvalue weighted by Crippen LogP contribution is 2.17. The van der Waals surface area contributed by atoms with E-state index in [4.69, 9.17) is 0 Å². The quantitative estimate of drug-likeness (QED) is 0.829. The second-order valence-corrected chi connectivity index (χ2v) is 6.49. The second-order valence-electron chi connectivity index (χ2n) is 4.80. The maximum Gasteiger partial charge on any atom is 0.232 e. The summed E-state index contributed by atoms with van der Waals surface area (Å²) in [6, 6.07) is 0. The number of rotatable bonds is 6. The van der Waals surface area contributed by atoms with Gasteiger partial charge in [-0.3, -0.25) is 4.21 Å². The van der Waals surface area contributed by atoms with Gasteiger partial charge < -0.3 is 15.1 Å². The summed E-state index contributed by atoms with van der Waals surface area (Å²) >= 11 is 0. The molecule has 7 nitrogen and oxygen atoms in total. The van der Waals surface area contributed by atoms with E-state index in [0.717, 1.165) is 32.7 Å². The first kappa shape index (κ1) is 15.9. The van der Waals surface area contributed by atoms with Gasteiger partial charge in [0.1, 0.15) is 0 Å². The summed E-state index contributed by atoms with van der Waals surface area (Å²) in [6.07, 6.45) is 0. The second kappa shape index (κ2) is 7.53. The molecule has 21 heavy (non-hydrogen) atoms. The third kappa shape index (κ3) is 4.03. The number of hydrogen-bond acceptors (Lipinski definition) is 7. The fourth-order valence-electron chi connectivity index (χ4n) is 2.22. The highest BCUT2D eigenvalue weighted by atomic mass is 32.2. The molecule has 2 heterocycles. The minimum Gasteiger partial charge on any atom is -0.354 e. The molecule has 1 aliphatic rings. The van der Waals surface area contributed by atoms with Gasteiger partial charge in [-0.1, -0.05) is 0 Å². The Bertz CT molecular complexity index is 484. The molecule has 1 aromatic rings. The van der Waals surface area contributed by atoms with Gasteiger partial charge in [-0.15, -0.1) is 0 Å². The first-order valence-corrected chi connectivity index (χ1v) is 9.01. The van der Waals surface area contributed by atoms with Gasteiger partial charge in [0, 0.05) is 55.0 Å². The average Bonchev–Trinajstić information content (AvgIpc) is 2.49. The number of anilines is 3. The molecule has 118 valence electrons. The van der Waals surface area contributed by atoms with Crippen LogP contribution in [0.25, 0.3) is 0 Å². The van der Waals surface area contributed by atoms with Crippen molar-refractivity contribution in [1.82, 2.24) is 15.0 Å². The Morgan fingerprint density at radius 3 is 2.38 bits per heavy atom. The molecule has 1 aliphatic heterocycles. The van der Waals surface area contributed by atoms with Gasteiger partial charge in [0.15, 0.2) is 0 Å². The molecular weight excluding hydrogens is 288 g/mol. The average molecular weight is 312 g/mol. The fourth-order valence-corrected chi connectivity index (χ4v) is 3.27. The van der Waals surface area contributed by atoms with Crippen LogP contribution in [0.1, 0.15) is 20.8 Å². The number of nitrogens with zero attached hydrogens (tertiary/aromatic N) is 5. The molecule has 0 aliphatic carbocycles. The molecule has 1 saturated heterocycles. The zero-order chi connectivity index (χ0) is 15.2. The van der Waals surface area contributed by atoms with Crippen LogP contribution in [-0.2, 0) is 10.8 Å². The monoisotopic (exact) mass is 312 g/mol. The summed E-state index contributed by atoms with van der Waals surface area (Å²) in [6.45, 7) is 10.1. The summed E-state index contributed by atoms with van der Waals surface area (Å²) in [5.74, 6) is 3.36. The lowest BCUT2D eigenvalue weighted by atomic mass is 10.5. The molecule has 1 N–H and O–H groups in total. The van der Waals surface area contributed by atoms with Gasteiger partial charge in [0.05, 0.1) is 0 Å². The van der Waals surface area contributed by atoms with Crippen LogP contribution in [0.4, 0.5) is 17.8 Å². The Balaban J connectivity index is 2.28. The minimum absolute atomic E-state index is 0.607. The van der Waals surface area contributed by atoms with Crippen LogP contribution in [-0.4, -0.2) is 63.4 Å². The van der Waals surface area contributed by atoms with Crippen LogP contribution in [0.3, 0.4) is 0 Å². The Kier molecular flexibility index (Phi) is 5.72. The lowest BCUT2D eigenvalue weighted by Crippen LogP contribution is -2.39. The van der Waals surface area contributed by atoms with Crippen molar-refractivity contribution in [2.75, 3.05) is 59.3 Å². The van der Waals surface area contributed by atoms with E-state index in [9.17, 15) is 4.21 Å².